The Morgan fingerprint density at radius 2 is 1.07 bits per heavy atom. The molecule has 0 spiro atoms. The number of aliphatic carboxylic acids is 1. The first-order valence-electron chi connectivity index (χ1n) is 11.8. The van der Waals surface area contributed by atoms with Gasteiger partial charge in [0.25, 0.3) is 5.97 Å². The molecule has 7 nitrogen and oxygen atoms in total. The van der Waals surface area contributed by atoms with E-state index in [0.717, 1.165) is 32.7 Å². The minimum atomic E-state index is -0.833. The first-order valence-corrected chi connectivity index (χ1v) is 11.8. The number of nitrogens with two attached hydrogens (primary N) is 2. The number of guanidine groups is 1. The summed E-state index contributed by atoms with van der Waals surface area (Å²) >= 11 is 0. The van der Waals surface area contributed by atoms with Crippen molar-refractivity contribution in [2.24, 2.45) is 11.5 Å². The van der Waals surface area contributed by atoms with E-state index in [-0.39, 0.29) is 11.9 Å². The molecule has 30 heavy (non-hydrogen) atoms. The van der Waals surface area contributed by atoms with E-state index >= 15 is 0 Å². The molecule has 1 amide bonds. The zero-order chi connectivity index (χ0) is 23.5. The Balaban J connectivity index is -0.000000500. The van der Waals surface area contributed by atoms with Gasteiger partial charge in [0.2, 0.25) is 5.91 Å². The molecule has 7 N–H and O–H groups in total. The molecule has 0 aliphatic rings. The summed E-state index contributed by atoms with van der Waals surface area (Å²) in [5.74, 6) is -0.920. The maximum Gasteiger partial charge on any atom is 0.300 e. The number of primary amides is 1. The molecule has 0 saturated heterocycles. The second-order valence-corrected chi connectivity index (χ2v) is 7.67. The maximum absolute atomic E-state index is 10.5. The van der Waals surface area contributed by atoms with Crippen molar-refractivity contribution >= 4 is 17.8 Å². The van der Waals surface area contributed by atoms with Crippen molar-refractivity contribution in [1.82, 2.24) is 5.32 Å². The number of hydrogen-bond acceptors (Lipinski definition) is 3. The van der Waals surface area contributed by atoms with E-state index in [9.17, 15) is 4.79 Å². The second kappa shape index (κ2) is 29.4. The van der Waals surface area contributed by atoms with Gasteiger partial charge >= 0.3 is 0 Å². The Labute approximate surface area is 185 Å². The zero-order valence-electron chi connectivity index (χ0n) is 19.9. The van der Waals surface area contributed by atoms with Gasteiger partial charge in [0.05, 0.1) is 0 Å². The third-order valence-corrected chi connectivity index (χ3v) is 4.37. The minimum absolute atomic E-state index is 0.0680. The van der Waals surface area contributed by atoms with Gasteiger partial charge in [-0.05, 0) is 12.8 Å². The number of carboxylic acid groups (broad SMARTS) is 1. The molecule has 0 aromatic heterocycles. The number of hydrogen-bond donors (Lipinski definition) is 5. The first-order chi connectivity index (χ1) is 14.3. The van der Waals surface area contributed by atoms with Crippen molar-refractivity contribution < 1.29 is 14.7 Å². The van der Waals surface area contributed by atoms with Crippen molar-refractivity contribution in [3.05, 3.63) is 0 Å². The van der Waals surface area contributed by atoms with Crippen LogP contribution in [0.3, 0.4) is 0 Å². The van der Waals surface area contributed by atoms with Crippen molar-refractivity contribution in [3.63, 3.8) is 0 Å². The number of nitrogens with one attached hydrogen (secondary N) is 2. The van der Waals surface area contributed by atoms with Gasteiger partial charge in [-0.2, -0.15) is 0 Å². The summed E-state index contributed by atoms with van der Waals surface area (Å²) in [6.45, 7) is 6.27. The Morgan fingerprint density at radius 3 is 1.37 bits per heavy atom. The highest BCUT2D eigenvalue weighted by molar-refractivity contribution is 5.74. The van der Waals surface area contributed by atoms with Gasteiger partial charge in [-0.15, -0.1) is 0 Å². The van der Waals surface area contributed by atoms with Crippen LogP contribution < -0.4 is 16.8 Å². The summed E-state index contributed by atoms with van der Waals surface area (Å²) < 4.78 is 0. The molecule has 0 rings (SSSR count). The Kier molecular flexibility index (Phi) is 32.2. The number of carbonyl (C=O) groups is 2. The van der Waals surface area contributed by atoms with E-state index in [4.69, 9.17) is 26.8 Å². The predicted octanol–water partition coefficient (Wildman–Crippen LogP) is 5.31. The molecule has 0 saturated carbocycles. The Hall–Kier alpha value is -1.79. The monoisotopic (exact) mass is 430 g/mol. The lowest BCUT2D eigenvalue weighted by Crippen LogP contribution is -2.30. The van der Waals surface area contributed by atoms with E-state index in [1.54, 1.807) is 0 Å². The Bertz CT molecular complexity index is 387. The molecule has 0 bridgehead atoms. The SMILES string of the molecule is CC(=O)O.CCCCCCCCCCCCCCCC(N)=O.CCCCNC(=N)N. The number of unbranched alkanes of at least 4 members (excludes halogenated alkanes) is 13. The summed E-state index contributed by atoms with van der Waals surface area (Å²) in [5.41, 5.74) is 10.1. The normalized spacial score (nSPS) is 9.57. The average Bonchev–Trinajstić information content (AvgIpc) is 2.65. The fraction of sp³-hybridized carbons (Fsp3) is 0.870. The molecular weight excluding hydrogens is 380 g/mol. The van der Waals surface area contributed by atoms with Gasteiger partial charge < -0.3 is 21.9 Å². The van der Waals surface area contributed by atoms with E-state index in [1.807, 2.05) is 0 Å². The lowest BCUT2D eigenvalue weighted by atomic mass is 10.0. The third-order valence-electron chi connectivity index (χ3n) is 4.37. The van der Waals surface area contributed by atoms with Crippen LogP contribution in [-0.4, -0.2) is 29.5 Å². The van der Waals surface area contributed by atoms with Crippen LogP contribution in [0.25, 0.3) is 0 Å². The summed E-state index contributed by atoms with van der Waals surface area (Å²) in [6.07, 6.45) is 20.2. The topological polar surface area (TPSA) is 142 Å². The fourth-order valence-corrected chi connectivity index (χ4v) is 2.72. The van der Waals surface area contributed by atoms with E-state index in [1.165, 1.54) is 77.0 Å². The fourth-order valence-electron chi connectivity index (χ4n) is 2.72. The van der Waals surface area contributed by atoms with Gasteiger partial charge in [-0.1, -0.05) is 97.3 Å². The van der Waals surface area contributed by atoms with Crippen LogP contribution in [0.1, 0.15) is 124 Å². The van der Waals surface area contributed by atoms with Crippen LogP contribution in [0.2, 0.25) is 0 Å². The molecule has 0 aliphatic heterocycles. The molecule has 0 heterocycles. The summed E-state index contributed by atoms with van der Waals surface area (Å²) in [5, 5.41) is 16.9. The Morgan fingerprint density at radius 1 is 0.733 bits per heavy atom. The van der Waals surface area contributed by atoms with E-state index < -0.39 is 5.97 Å². The van der Waals surface area contributed by atoms with Gasteiger partial charge in [-0.3, -0.25) is 15.0 Å². The maximum atomic E-state index is 10.5. The van der Waals surface area contributed by atoms with E-state index in [2.05, 4.69) is 19.2 Å². The predicted molar refractivity (Wildman–Crippen MR) is 128 cm³/mol. The lowest BCUT2D eigenvalue weighted by Gasteiger charge is -2.02. The molecule has 0 aliphatic carbocycles. The van der Waals surface area contributed by atoms with Crippen molar-refractivity contribution in [2.45, 2.75) is 124 Å². The summed E-state index contributed by atoms with van der Waals surface area (Å²) in [7, 11) is 0. The molecule has 180 valence electrons. The number of carboxylic acids is 1. The molecule has 7 heteroatoms. The van der Waals surface area contributed by atoms with Crippen molar-refractivity contribution in [1.29, 1.82) is 5.41 Å². The highest BCUT2D eigenvalue weighted by Crippen LogP contribution is 2.12. The van der Waals surface area contributed by atoms with Crippen LogP contribution in [0.15, 0.2) is 0 Å². The van der Waals surface area contributed by atoms with E-state index in [0.29, 0.717) is 6.42 Å². The molecule has 0 fully saturated rings. The van der Waals surface area contributed by atoms with Crippen molar-refractivity contribution in [3.8, 4) is 0 Å². The third kappa shape index (κ3) is 50.2. The largest absolute Gasteiger partial charge is 0.481 e. The van der Waals surface area contributed by atoms with Gasteiger partial charge in [0, 0.05) is 19.9 Å². The molecular formula is C23H50N4O3. The van der Waals surface area contributed by atoms with Crippen LogP contribution >= 0.6 is 0 Å². The molecule has 0 unspecified atom stereocenters. The van der Waals surface area contributed by atoms with Gasteiger partial charge in [0.1, 0.15) is 0 Å². The van der Waals surface area contributed by atoms with Crippen LogP contribution in [0.4, 0.5) is 0 Å². The molecule has 0 atom stereocenters. The highest BCUT2D eigenvalue weighted by atomic mass is 16.4. The zero-order valence-corrected chi connectivity index (χ0v) is 19.9. The molecule has 0 aromatic carbocycles. The average molecular weight is 431 g/mol. The number of amides is 1. The summed E-state index contributed by atoms with van der Waals surface area (Å²) in [6, 6.07) is 0. The van der Waals surface area contributed by atoms with Crippen molar-refractivity contribution in [2.75, 3.05) is 6.54 Å². The standard InChI is InChI=1S/C16H33NO.C5H13N3.C2H4O2/c1-2-3-4-5-6-7-8-9-10-11-12-13-14-15-16(17)18;1-2-3-4-8-5(6)7;1-2(3)4/h2-15H2,1H3,(H2,17,18);2-4H2,1H3,(H4,6,7,8);1H3,(H,3,4). The lowest BCUT2D eigenvalue weighted by molar-refractivity contribution is -0.134. The number of rotatable bonds is 17. The van der Waals surface area contributed by atoms with Crippen LogP contribution in [-0.2, 0) is 9.59 Å². The van der Waals surface area contributed by atoms with Gasteiger partial charge in [0.15, 0.2) is 5.96 Å². The second-order valence-electron chi connectivity index (χ2n) is 7.67. The van der Waals surface area contributed by atoms with Crippen LogP contribution in [0.5, 0.6) is 0 Å². The number of carbonyl (C=O) groups excluding carboxylic acids is 1. The highest BCUT2D eigenvalue weighted by Gasteiger charge is 1.95. The summed E-state index contributed by atoms with van der Waals surface area (Å²) in [4.78, 5) is 19.5. The minimum Gasteiger partial charge on any atom is -0.481 e. The molecule has 0 radical (unpaired) electrons. The smallest absolute Gasteiger partial charge is 0.300 e. The van der Waals surface area contributed by atoms with Gasteiger partial charge in [-0.25, -0.2) is 0 Å². The van der Waals surface area contributed by atoms with Crippen LogP contribution in [0, 0.1) is 5.41 Å². The molecule has 0 aromatic rings. The first kappa shape index (κ1) is 32.9. The quantitative estimate of drug-likeness (QED) is 0.121.